The van der Waals surface area contributed by atoms with Gasteiger partial charge in [0.2, 0.25) is 0 Å². The van der Waals surface area contributed by atoms with Crippen LogP contribution in [0.25, 0.3) is 0 Å². The minimum Gasteiger partial charge on any atom is -0.489 e. The molecule has 1 unspecified atom stereocenters. The number of ether oxygens (including phenoxy) is 2. The van der Waals surface area contributed by atoms with E-state index in [4.69, 9.17) is 21.1 Å². The van der Waals surface area contributed by atoms with Crippen LogP contribution in [-0.4, -0.2) is 23.3 Å². The number of aromatic nitrogens is 1. The van der Waals surface area contributed by atoms with Crippen molar-refractivity contribution < 1.29 is 9.47 Å². The summed E-state index contributed by atoms with van der Waals surface area (Å²) in [5, 5.41) is 0.500. The van der Waals surface area contributed by atoms with Gasteiger partial charge >= 0.3 is 0 Å². The Labute approximate surface area is 106 Å². The lowest BCUT2D eigenvalue weighted by Crippen LogP contribution is -2.48. The van der Waals surface area contributed by atoms with Gasteiger partial charge in [0, 0.05) is 12.8 Å². The molecule has 17 heavy (non-hydrogen) atoms. The van der Waals surface area contributed by atoms with Crippen molar-refractivity contribution in [3.63, 3.8) is 0 Å². The summed E-state index contributed by atoms with van der Waals surface area (Å²) in [5.74, 6) is 0.802. The molecule has 2 aliphatic rings. The molecule has 0 N–H and O–H groups in total. The van der Waals surface area contributed by atoms with Crippen LogP contribution in [0, 0.1) is 0 Å². The van der Waals surface area contributed by atoms with Crippen LogP contribution < -0.4 is 4.74 Å². The highest BCUT2D eigenvalue weighted by Gasteiger charge is 2.43. The van der Waals surface area contributed by atoms with Crippen LogP contribution in [0.3, 0.4) is 0 Å². The average molecular weight is 254 g/mol. The first kappa shape index (κ1) is 11.3. The van der Waals surface area contributed by atoms with Gasteiger partial charge in [-0.15, -0.1) is 0 Å². The van der Waals surface area contributed by atoms with E-state index in [1.165, 1.54) is 19.3 Å². The van der Waals surface area contributed by atoms with E-state index in [1.54, 1.807) is 12.3 Å². The lowest BCUT2D eigenvalue weighted by molar-refractivity contribution is -0.153. The Morgan fingerprint density at radius 2 is 2.29 bits per heavy atom. The SMILES string of the molecule is Clc1ccc(OC2CCOC3(CCC3)C2)cn1. The maximum atomic E-state index is 5.94. The summed E-state index contributed by atoms with van der Waals surface area (Å²) in [6.07, 6.45) is 7.57. The van der Waals surface area contributed by atoms with E-state index in [1.807, 2.05) is 6.07 Å². The molecule has 0 aromatic carbocycles. The molecule has 92 valence electrons. The van der Waals surface area contributed by atoms with E-state index < -0.39 is 0 Å². The Kier molecular flexibility index (Phi) is 2.97. The highest BCUT2D eigenvalue weighted by atomic mass is 35.5. The van der Waals surface area contributed by atoms with Crippen molar-refractivity contribution in [2.24, 2.45) is 0 Å². The second-order valence-electron chi connectivity index (χ2n) is 4.93. The topological polar surface area (TPSA) is 31.4 Å². The molecule has 1 saturated carbocycles. The van der Waals surface area contributed by atoms with E-state index >= 15 is 0 Å². The molecule has 0 bridgehead atoms. The van der Waals surface area contributed by atoms with Gasteiger partial charge in [-0.3, -0.25) is 0 Å². The molecule has 1 spiro atoms. The number of pyridine rings is 1. The molecule has 1 aliphatic carbocycles. The Bertz CT molecular complexity index is 389. The molecular formula is C13H16ClNO2. The van der Waals surface area contributed by atoms with Crippen molar-refractivity contribution in [2.75, 3.05) is 6.61 Å². The Morgan fingerprint density at radius 1 is 1.41 bits per heavy atom. The van der Waals surface area contributed by atoms with Crippen LogP contribution in [0.1, 0.15) is 32.1 Å². The van der Waals surface area contributed by atoms with E-state index in [2.05, 4.69) is 4.98 Å². The van der Waals surface area contributed by atoms with E-state index in [-0.39, 0.29) is 11.7 Å². The smallest absolute Gasteiger partial charge is 0.138 e. The lowest BCUT2D eigenvalue weighted by atomic mass is 9.74. The maximum Gasteiger partial charge on any atom is 0.138 e. The first-order chi connectivity index (χ1) is 8.26. The van der Waals surface area contributed by atoms with Gasteiger partial charge in [-0.2, -0.15) is 0 Å². The largest absolute Gasteiger partial charge is 0.489 e. The molecule has 3 rings (SSSR count). The molecule has 2 heterocycles. The highest BCUT2D eigenvalue weighted by Crippen LogP contribution is 2.43. The zero-order valence-electron chi connectivity index (χ0n) is 9.69. The first-order valence-corrected chi connectivity index (χ1v) is 6.56. The van der Waals surface area contributed by atoms with Crippen LogP contribution >= 0.6 is 11.6 Å². The molecular weight excluding hydrogens is 238 g/mol. The Morgan fingerprint density at radius 3 is 2.94 bits per heavy atom. The van der Waals surface area contributed by atoms with Crippen molar-refractivity contribution in [2.45, 2.75) is 43.8 Å². The van der Waals surface area contributed by atoms with Gasteiger partial charge in [0.05, 0.1) is 18.4 Å². The van der Waals surface area contributed by atoms with Crippen molar-refractivity contribution in [3.05, 3.63) is 23.5 Å². The van der Waals surface area contributed by atoms with Gasteiger partial charge in [0.25, 0.3) is 0 Å². The predicted octanol–water partition coefficient (Wildman–Crippen LogP) is 3.22. The standard InChI is InChI=1S/C13H16ClNO2/c14-12-3-2-11(9-15-12)17-10-4-7-16-13(8-10)5-1-6-13/h2-3,9-10H,1,4-8H2. The quantitative estimate of drug-likeness (QED) is 0.759. The fraction of sp³-hybridized carbons (Fsp3) is 0.615. The summed E-state index contributed by atoms with van der Waals surface area (Å²) in [6, 6.07) is 3.63. The monoisotopic (exact) mass is 253 g/mol. The number of halogens is 1. The molecule has 0 amide bonds. The first-order valence-electron chi connectivity index (χ1n) is 6.18. The van der Waals surface area contributed by atoms with Gasteiger partial charge in [0.15, 0.2) is 0 Å². The van der Waals surface area contributed by atoms with Crippen LogP contribution in [-0.2, 0) is 4.74 Å². The molecule has 1 aromatic rings. The average Bonchev–Trinajstić information content (AvgIpc) is 2.31. The van der Waals surface area contributed by atoms with Crippen LogP contribution in [0.5, 0.6) is 5.75 Å². The van der Waals surface area contributed by atoms with Gasteiger partial charge in [-0.25, -0.2) is 4.98 Å². The lowest BCUT2D eigenvalue weighted by Gasteiger charge is -2.46. The van der Waals surface area contributed by atoms with Gasteiger partial charge in [0.1, 0.15) is 17.0 Å². The van der Waals surface area contributed by atoms with E-state index in [9.17, 15) is 0 Å². The maximum absolute atomic E-state index is 5.94. The fourth-order valence-electron chi connectivity index (χ4n) is 2.63. The fourth-order valence-corrected chi connectivity index (χ4v) is 2.74. The van der Waals surface area contributed by atoms with Crippen LogP contribution in [0.2, 0.25) is 5.15 Å². The minimum absolute atomic E-state index is 0.128. The van der Waals surface area contributed by atoms with Crippen molar-refractivity contribution >= 4 is 11.6 Å². The predicted molar refractivity (Wildman–Crippen MR) is 65.4 cm³/mol. The second kappa shape index (κ2) is 4.46. The molecule has 1 aliphatic heterocycles. The molecule has 1 saturated heterocycles. The molecule has 1 aromatic heterocycles. The van der Waals surface area contributed by atoms with E-state index in [0.29, 0.717) is 5.15 Å². The van der Waals surface area contributed by atoms with Gasteiger partial charge in [-0.05, 0) is 31.4 Å². The third-order valence-electron chi connectivity index (χ3n) is 3.72. The summed E-state index contributed by atoms with van der Waals surface area (Å²) in [5.41, 5.74) is 0.128. The third-order valence-corrected chi connectivity index (χ3v) is 3.94. The van der Waals surface area contributed by atoms with Gasteiger partial charge in [-0.1, -0.05) is 11.6 Å². The summed E-state index contributed by atoms with van der Waals surface area (Å²) in [6.45, 7) is 0.811. The zero-order valence-corrected chi connectivity index (χ0v) is 10.4. The summed E-state index contributed by atoms with van der Waals surface area (Å²) < 4.78 is 11.8. The number of hydrogen-bond acceptors (Lipinski definition) is 3. The van der Waals surface area contributed by atoms with Crippen molar-refractivity contribution in [3.8, 4) is 5.75 Å². The third kappa shape index (κ3) is 2.40. The zero-order chi connectivity index (χ0) is 11.7. The van der Waals surface area contributed by atoms with Crippen LogP contribution in [0.15, 0.2) is 18.3 Å². The van der Waals surface area contributed by atoms with E-state index in [0.717, 1.165) is 25.2 Å². The number of rotatable bonds is 2. The molecule has 2 fully saturated rings. The normalized spacial score (nSPS) is 26.5. The number of nitrogens with zero attached hydrogens (tertiary/aromatic N) is 1. The number of hydrogen-bond donors (Lipinski definition) is 0. The highest BCUT2D eigenvalue weighted by molar-refractivity contribution is 6.29. The van der Waals surface area contributed by atoms with Crippen molar-refractivity contribution in [1.82, 2.24) is 4.98 Å². The molecule has 0 radical (unpaired) electrons. The second-order valence-corrected chi connectivity index (χ2v) is 5.32. The molecule has 1 atom stereocenters. The summed E-state index contributed by atoms with van der Waals surface area (Å²) in [7, 11) is 0. The minimum atomic E-state index is 0.128. The summed E-state index contributed by atoms with van der Waals surface area (Å²) >= 11 is 5.74. The van der Waals surface area contributed by atoms with Crippen LogP contribution in [0.4, 0.5) is 0 Å². The van der Waals surface area contributed by atoms with Gasteiger partial charge < -0.3 is 9.47 Å². The molecule has 4 heteroatoms. The summed E-state index contributed by atoms with van der Waals surface area (Å²) in [4.78, 5) is 4.02. The Balaban J connectivity index is 1.63. The Hall–Kier alpha value is -0.800. The molecule has 3 nitrogen and oxygen atoms in total. The van der Waals surface area contributed by atoms with Crippen molar-refractivity contribution in [1.29, 1.82) is 0 Å².